The number of hydrogen-bond acceptors (Lipinski definition) is 1. The Morgan fingerprint density at radius 3 is 1.76 bits per heavy atom. The summed E-state index contributed by atoms with van der Waals surface area (Å²) in [5.74, 6) is 0.903. The highest BCUT2D eigenvalue weighted by Gasteiger charge is 1.97. The van der Waals surface area contributed by atoms with Gasteiger partial charge < -0.3 is 4.74 Å². The van der Waals surface area contributed by atoms with Crippen LogP contribution in [0.5, 0.6) is 5.75 Å². The van der Waals surface area contributed by atoms with Gasteiger partial charge in [0, 0.05) is 5.02 Å². The predicted octanol–water partition coefficient (Wildman–Crippen LogP) is 4.13. The first-order chi connectivity index (χ1) is 8.28. The van der Waals surface area contributed by atoms with Crippen molar-refractivity contribution in [1.82, 2.24) is 0 Å². The van der Waals surface area contributed by atoms with Gasteiger partial charge in [-0.2, -0.15) is 0 Å². The molecular formula is C15H15ClO. The maximum absolute atomic E-state index is 5.85. The maximum Gasteiger partial charge on any atom is 0.118 e. The van der Waals surface area contributed by atoms with E-state index in [1.54, 1.807) is 7.11 Å². The molecule has 0 aromatic heterocycles. The smallest absolute Gasteiger partial charge is 0.118 e. The van der Waals surface area contributed by atoms with Gasteiger partial charge in [-0.05, 0) is 48.2 Å². The number of halogens is 1. The molecule has 17 heavy (non-hydrogen) atoms. The zero-order valence-corrected chi connectivity index (χ0v) is 10.6. The van der Waals surface area contributed by atoms with Gasteiger partial charge in [-0.15, -0.1) is 0 Å². The van der Waals surface area contributed by atoms with Gasteiger partial charge in [0.1, 0.15) is 5.75 Å². The van der Waals surface area contributed by atoms with Crippen molar-refractivity contribution in [3.8, 4) is 5.75 Å². The third kappa shape index (κ3) is 3.50. The molecule has 0 saturated carbocycles. The van der Waals surface area contributed by atoms with E-state index in [0.29, 0.717) is 0 Å². The van der Waals surface area contributed by atoms with Gasteiger partial charge in [0.15, 0.2) is 0 Å². The average Bonchev–Trinajstić information content (AvgIpc) is 2.39. The lowest BCUT2D eigenvalue weighted by molar-refractivity contribution is 0.414. The van der Waals surface area contributed by atoms with Crippen molar-refractivity contribution in [3.63, 3.8) is 0 Å². The molecule has 2 aromatic rings. The third-order valence-corrected chi connectivity index (χ3v) is 3.03. The van der Waals surface area contributed by atoms with Crippen LogP contribution in [-0.2, 0) is 12.8 Å². The number of rotatable bonds is 4. The summed E-state index contributed by atoms with van der Waals surface area (Å²) in [6.45, 7) is 0. The largest absolute Gasteiger partial charge is 0.497 e. The second kappa shape index (κ2) is 5.74. The summed E-state index contributed by atoms with van der Waals surface area (Å²) in [6, 6.07) is 16.2. The average molecular weight is 247 g/mol. The molecule has 0 unspecified atom stereocenters. The molecule has 0 N–H and O–H groups in total. The molecule has 0 aliphatic heterocycles. The SMILES string of the molecule is COc1ccc(CCc2ccc(Cl)cc2)cc1. The van der Waals surface area contributed by atoms with Crippen LogP contribution in [0.1, 0.15) is 11.1 Å². The first-order valence-electron chi connectivity index (χ1n) is 5.65. The number of hydrogen-bond donors (Lipinski definition) is 0. The Kier molecular flexibility index (Phi) is 4.05. The molecular weight excluding hydrogens is 232 g/mol. The molecule has 0 aliphatic carbocycles. The van der Waals surface area contributed by atoms with Gasteiger partial charge in [-0.1, -0.05) is 35.9 Å². The fourth-order valence-electron chi connectivity index (χ4n) is 1.73. The summed E-state index contributed by atoms with van der Waals surface area (Å²) in [5.41, 5.74) is 2.63. The lowest BCUT2D eigenvalue weighted by atomic mass is 10.0. The van der Waals surface area contributed by atoms with E-state index < -0.39 is 0 Å². The van der Waals surface area contributed by atoms with Crippen LogP contribution < -0.4 is 4.74 Å². The van der Waals surface area contributed by atoms with Crippen molar-refractivity contribution in [3.05, 3.63) is 64.7 Å². The van der Waals surface area contributed by atoms with Crippen molar-refractivity contribution < 1.29 is 4.74 Å². The van der Waals surface area contributed by atoms with E-state index in [1.165, 1.54) is 11.1 Å². The summed E-state index contributed by atoms with van der Waals surface area (Å²) in [6.07, 6.45) is 2.06. The Morgan fingerprint density at radius 2 is 1.29 bits per heavy atom. The molecule has 0 fully saturated rings. The van der Waals surface area contributed by atoms with Crippen molar-refractivity contribution in [2.75, 3.05) is 7.11 Å². The standard InChI is InChI=1S/C15H15ClO/c1-17-15-10-6-13(7-11-15)3-2-12-4-8-14(16)9-5-12/h4-11H,2-3H2,1H3. The van der Waals surface area contributed by atoms with Gasteiger partial charge in [0.2, 0.25) is 0 Å². The molecule has 0 aliphatic rings. The maximum atomic E-state index is 5.85. The van der Waals surface area contributed by atoms with Crippen LogP contribution >= 0.6 is 11.6 Å². The van der Waals surface area contributed by atoms with Crippen LogP contribution in [0, 0.1) is 0 Å². The summed E-state index contributed by atoms with van der Waals surface area (Å²) < 4.78 is 5.13. The number of ether oxygens (including phenoxy) is 1. The molecule has 0 spiro atoms. The van der Waals surface area contributed by atoms with Crippen LogP contribution in [0.3, 0.4) is 0 Å². The van der Waals surface area contributed by atoms with Crippen molar-refractivity contribution in [2.24, 2.45) is 0 Å². The van der Waals surface area contributed by atoms with E-state index in [2.05, 4.69) is 24.3 Å². The van der Waals surface area contributed by atoms with Crippen LogP contribution in [0.25, 0.3) is 0 Å². The molecule has 0 bridgehead atoms. The van der Waals surface area contributed by atoms with E-state index in [-0.39, 0.29) is 0 Å². The number of aryl methyl sites for hydroxylation is 2. The highest BCUT2D eigenvalue weighted by Crippen LogP contribution is 2.15. The lowest BCUT2D eigenvalue weighted by Gasteiger charge is -2.04. The topological polar surface area (TPSA) is 9.23 Å². The van der Waals surface area contributed by atoms with E-state index >= 15 is 0 Å². The van der Waals surface area contributed by atoms with Crippen LogP contribution in [0.2, 0.25) is 5.02 Å². The van der Waals surface area contributed by atoms with Gasteiger partial charge in [-0.25, -0.2) is 0 Å². The van der Waals surface area contributed by atoms with Crippen LogP contribution in [0.4, 0.5) is 0 Å². The summed E-state index contributed by atoms with van der Waals surface area (Å²) in [7, 11) is 1.68. The lowest BCUT2D eigenvalue weighted by Crippen LogP contribution is -1.91. The van der Waals surface area contributed by atoms with Gasteiger partial charge in [0.25, 0.3) is 0 Å². The molecule has 2 aromatic carbocycles. The normalized spacial score (nSPS) is 10.2. The van der Waals surface area contributed by atoms with Crippen molar-refractivity contribution in [2.45, 2.75) is 12.8 Å². The van der Waals surface area contributed by atoms with Gasteiger partial charge in [0.05, 0.1) is 7.11 Å². The zero-order chi connectivity index (χ0) is 12.1. The van der Waals surface area contributed by atoms with E-state index in [9.17, 15) is 0 Å². The van der Waals surface area contributed by atoms with E-state index in [4.69, 9.17) is 16.3 Å². The molecule has 0 radical (unpaired) electrons. The minimum Gasteiger partial charge on any atom is -0.497 e. The van der Waals surface area contributed by atoms with Gasteiger partial charge in [-0.3, -0.25) is 0 Å². The highest BCUT2D eigenvalue weighted by molar-refractivity contribution is 6.30. The second-order valence-corrected chi connectivity index (χ2v) is 4.41. The summed E-state index contributed by atoms with van der Waals surface area (Å²) in [5, 5.41) is 0.790. The zero-order valence-electron chi connectivity index (χ0n) is 9.82. The van der Waals surface area contributed by atoms with Crippen LogP contribution in [-0.4, -0.2) is 7.11 Å². The summed E-state index contributed by atoms with van der Waals surface area (Å²) >= 11 is 5.85. The molecule has 0 heterocycles. The monoisotopic (exact) mass is 246 g/mol. The fraction of sp³-hybridized carbons (Fsp3) is 0.200. The van der Waals surface area contributed by atoms with Crippen LogP contribution in [0.15, 0.2) is 48.5 Å². The van der Waals surface area contributed by atoms with Crippen molar-refractivity contribution in [1.29, 1.82) is 0 Å². The molecule has 2 heteroatoms. The third-order valence-electron chi connectivity index (χ3n) is 2.77. The fourth-order valence-corrected chi connectivity index (χ4v) is 1.86. The van der Waals surface area contributed by atoms with Gasteiger partial charge >= 0.3 is 0 Å². The Morgan fingerprint density at radius 1 is 0.824 bits per heavy atom. The Labute approximate surface area is 107 Å². The quantitative estimate of drug-likeness (QED) is 0.788. The highest BCUT2D eigenvalue weighted by atomic mass is 35.5. The Balaban J connectivity index is 1.95. The van der Waals surface area contributed by atoms with E-state index in [0.717, 1.165) is 23.6 Å². The Bertz CT molecular complexity index is 459. The predicted molar refractivity (Wildman–Crippen MR) is 71.9 cm³/mol. The molecule has 0 amide bonds. The molecule has 0 atom stereocenters. The molecule has 88 valence electrons. The molecule has 2 rings (SSSR count). The Hall–Kier alpha value is -1.47. The summed E-state index contributed by atoms with van der Waals surface area (Å²) in [4.78, 5) is 0. The molecule has 0 saturated heterocycles. The first kappa shape index (κ1) is 12.0. The van der Waals surface area contributed by atoms with E-state index in [1.807, 2.05) is 24.3 Å². The number of benzene rings is 2. The number of methoxy groups -OCH3 is 1. The minimum absolute atomic E-state index is 0.790. The molecule has 1 nitrogen and oxygen atoms in total. The van der Waals surface area contributed by atoms with Crippen molar-refractivity contribution >= 4 is 11.6 Å². The minimum atomic E-state index is 0.790. The first-order valence-corrected chi connectivity index (χ1v) is 6.03. The second-order valence-electron chi connectivity index (χ2n) is 3.97.